The molecular formula is C13H12N2O4. The zero-order chi connectivity index (χ0) is 13.7. The monoisotopic (exact) mass is 260 g/mol. The Morgan fingerprint density at radius 2 is 2.00 bits per heavy atom. The predicted octanol–water partition coefficient (Wildman–Crippen LogP) is 1.76. The zero-order valence-electron chi connectivity index (χ0n) is 10.2. The van der Waals surface area contributed by atoms with Gasteiger partial charge in [0.1, 0.15) is 12.4 Å². The first kappa shape index (κ1) is 12.8. The van der Waals surface area contributed by atoms with Gasteiger partial charge in [-0.2, -0.15) is 0 Å². The Morgan fingerprint density at radius 3 is 2.63 bits per heavy atom. The lowest BCUT2D eigenvalue weighted by Crippen LogP contribution is -2.04. The van der Waals surface area contributed by atoms with Crippen molar-refractivity contribution in [2.75, 3.05) is 7.11 Å². The third-order valence-corrected chi connectivity index (χ3v) is 2.38. The number of carbonyl (C=O) groups is 1. The molecule has 98 valence electrons. The average Bonchev–Trinajstić information content (AvgIpc) is 2.46. The van der Waals surface area contributed by atoms with E-state index in [1.165, 1.54) is 12.4 Å². The van der Waals surface area contributed by atoms with Crippen molar-refractivity contribution in [1.29, 1.82) is 0 Å². The van der Waals surface area contributed by atoms with Gasteiger partial charge in [-0.05, 0) is 17.7 Å². The summed E-state index contributed by atoms with van der Waals surface area (Å²) in [5.74, 6) is -0.200. The largest absolute Gasteiger partial charge is 0.497 e. The van der Waals surface area contributed by atoms with Crippen LogP contribution in [0.4, 0.5) is 0 Å². The highest BCUT2D eigenvalue weighted by Crippen LogP contribution is 2.13. The van der Waals surface area contributed by atoms with Gasteiger partial charge in [0.25, 0.3) is 0 Å². The summed E-state index contributed by atoms with van der Waals surface area (Å²) in [4.78, 5) is 18.3. The van der Waals surface area contributed by atoms with E-state index in [1.54, 1.807) is 7.11 Å². The number of hydrogen-bond donors (Lipinski definition) is 1. The van der Waals surface area contributed by atoms with Gasteiger partial charge in [0, 0.05) is 0 Å². The van der Waals surface area contributed by atoms with Crippen molar-refractivity contribution < 1.29 is 19.4 Å². The van der Waals surface area contributed by atoms with Crippen molar-refractivity contribution in [2.24, 2.45) is 0 Å². The Kier molecular flexibility index (Phi) is 3.92. The molecule has 6 heteroatoms. The molecule has 0 fully saturated rings. The van der Waals surface area contributed by atoms with E-state index in [0.717, 1.165) is 11.3 Å². The minimum atomic E-state index is -1.14. The van der Waals surface area contributed by atoms with Gasteiger partial charge < -0.3 is 14.6 Å². The van der Waals surface area contributed by atoms with Crippen molar-refractivity contribution in [3.05, 3.63) is 47.9 Å². The van der Waals surface area contributed by atoms with Crippen LogP contribution in [0.25, 0.3) is 0 Å². The van der Waals surface area contributed by atoms with Gasteiger partial charge in [0.2, 0.25) is 5.88 Å². The van der Waals surface area contributed by atoms with E-state index < -0.39 is 5.97 Å². The Hall–Kier alpha value is -2.63. The molecule has 0 aliphatic rings. The van der Waals surface area contributed by atoms with Crippen LogP contribution in [-0.4, -0.2) is 28.2 Å². The molecule has 0 radical (unpaired) electrons. The Bertz CT molecular complexity index is 569. The summed E-state index contributed by atoms with van der Waals surface area (Å²) < 4.78 is 10.4. The minimum absolute atomic E-state index is 0.146. The van der Waals surface area contributed by atoms with Crippen LogP contribution in [0.15, 0.2) is 36.7 Å². The van der Waals surface area contributed by atoms with Gasteiger partial charge in [-0.1, -0.05) is 12.1 Å². The molecule has 0 amide bonds. The minimum Gasteiger partial charge on any atom is -0.497 e. The third-order valence-electron chi connectivity index (χ3n) is 2.38. The van der Waals surface area contributed by atoms with Crippen LogP contribution in [0.5, 0.6) is 11.6 Å². The van der Waals surface area contributed by atoms with Crippen molar-refractivity contribution in [3.63, 3.8) is 0 Å². The Balaban J connectivity index is 2.01. The number of carboxylic acid groups (broad SMARTS) is 1. The number of carboxylic acids is 1. The third kappa shape index (κ3) is 3.41. The molecule has 6 nitrogen and oxygen atoms in total. The molecule has 2 aromatic rings. The molecular weight excluding hydrogens is 248 g/mol. The number of hydrogen-bond acceptors (Lipinski definition) is 5. The molecule has 0 aliphatic heterocycles. The average molecular weight is 260 g/mol. The lowest BCUT2D eigenvalue weighted by molar-refractivity contribution is 0.0688. The van der Waals surface area contributed by atoms with Crippen LogP contribution in [0.1, 0.15) is 16.1 Å². The molecule has 0 saturated carbocycles. The van der Waals surface area contributed by atoms with E-state index >= 15 is 0 Å². The quantitative estimate of drug-likeness (QED) is 0.882. The van der Waals surface area contributed by atoms with E-state index in [4.69, 9.17) is 14.6 Å². The van der Waals surface area contributed by atoms with Gasteiger partial charge in [-0.15, -0.1) is 0 Å². The molecule has 19 heavy (non-hydrogen) atoms. The standard InChI is InChI=1S/C13H12N2O4/c1-18-10-4-2-9(3-5-10)8-19-12-7-14-6-11(15-12)13(16)17/h2-7H,8H2,1H3,(H,16,17). The molecule has 0 unspecified atom stereocenters. The first-order chi connectivity index (χ1) is 9.19. The van der Waals surface area contributed by atoms with Gasteiger partial charge in [0.05, 0.1) is 19.5 Å². The van der Waals surface area contributed by atoms with Crippen LogP contribution in [0, 0.1) is 0 Å². The fourth-order valence-electron chi connectivity index (χ4n) is 1.40. The number of nitrogens with zero attached hydrogens (tertiary/aromatic N) is 2. The molecule has 0 aliphatic carbocycles. The molecule has 1 aromatic carbocycles. The molecule has 1 N–H and O–H groups in total. The second kappa shape index (κ2) is 5.81. The molecule has 0 bridgehead atoms. The van der Waals surface area contributed by atoms with E-state index in [2.05, 4.69) is 9.97 Å². The number of aromatic nitrogens is 2. The van der Waals surface area contributed by atoms with Crippen LogP contribution in [0.2, 0.25) is 0 Å². The number of benzene rings is 1. The molecule has 0 atom stereocenters. The highest BCUT2D eigenvalue weighted by atomic mass is 16.5. The van der Waals surface area contributed by atoms with Gasteiger partial charge in [-0.25, -0.2) is 9.78 Å². The molecule has 1 heterocycles. The molecule has 1 aromatic heterocycles. The SMILES string of the molecule is COc1ccc(COc2cncc(C(=O)O)n2)cc1. The number of methoxy groups -OCH3 is 1. The smallest absolute Gasteiger partial charge is 0.356 e. The summed E-state index contributed by atoms with van der Waals surface area (Å²) in [6.07, 6.45) is 2.54. The van der Waals surface area contributed by atoms with E-state index in [-0.39, 0.29) is 18.2 Å². The second-order valence-corrected chi connectivity index (χ2v) is 3.68. The van der Waals surface area contributed by atoms with E-state index in [9.17, 15) is 4.79 Å². The summed E-state index contributed by atoms with van der Waals surface area (Å²) in [6.45, 7) is 0.280. The van der Waals surface area contributed by atoms with E-state index in [0.29, 0.717) is 0 Å². The lowest BCUT2D eigenvalue weighted by Gasteiger charge is -2.06. The van der Waals surface area contributed by atoms with Crippen LogP contribution in [0.3, 0.4) is 0 Å². The second-order valence-electron chi connectivity index (χ2n) is 3.68. The molecule has 0 saturated heterocycles. The maximum absolute atomic E-state index is 10.7. The highest BCUT2D eigenvalue weighted by Gasteiger charge is 2.06. The van der Waals surface area contributed by atoms with Crippen molar-refractivity contribution in [2.45, 2.75) is 6.61 Å². The maximum Gasteiger partial charge on any atom is 0.356 e. The summed E-state index contributed by atoms with van der Waals surface area (Å²) in [6, 6.07) is 7.34. The number of aromatic carboxylic acids is 1. The summed E-state index contributed by atoms with van der Waals surface area (Å²) in [7, 11) is 1.60. The first-order valence-electron chi connectivity index (χ1n) is 5.50. The topological polar surface area (TPSA) is 81.5 Å². The van der Waals surface area contributed by atoms with Crippen molar-refractivity contribution in [1.82, 2.24) is 9.97 Å². The van der Waals surface area contributed by atoms with Gasteiger partial charge >= 0.3 is 5.97 Å². The van der Waals surface area contributed by atoms with Crippen LogP contribution < -0.4 is 9.47 Å². The van der Waals surface area contributed by atoms with Crippen molar-refractivity contribution >= 4 is 5.97 Å². The molecule has 0 spiro atoms. The first-order valence-corrected chi connectivity index (χ1v) is 5.50. The fourth-order valence-corrected chi connectivity index (χ4v) is 1.40. The van der Waals surface area contributed by atoms with Gasteiger partial charge in [0.15, 0.2) is 5.69 Å². The van der Waals surface area contributed by atoms with Crippen LogP contribution in [-0.2, 0) is 6.61 Å². The highest BCUT2D eigenvalue weighted by molar-refractivity contribution is 5.84. The Morgan fingerprint density at radius 1 is 1.26 bits per heavy atom. The molecule has 2 rings (SSSR count). The summed E-state index contributed by atoms with van der Waals surface area (Å²) in [5.41, 5.74) is 0.774. The lowest BCUT2D eigenvalue weighted by atomic mass is 10.2. The summed E-state index contributed by atoms with van der Waals surface area (Å²) >= 11 is 0. The predicted molar refractivity (Wildman–Crippen MR) is 66.3 cm³/mol. The van der Waals surface area contributed by atoms with E-state index in [1.807, 2.05) is 24.3 Å². The van der Waals surface area contributed by atoms with Crippen LogP contribution >= 0.6 is 0 Å². The zero-order valence-corrected chi connectivity index (χ0v) is 10.2. The van der Waals surface area contributed by atoms with Crippen molar-refractivity contribution in [3.8, 4) is 11.6 Å². The number of rotatable bonds is 5. The fraction of sp³-hybridized carbons (Fsp3) is 0.154. The Labute approximate surface area is 109 Å². The normalized spacial score (nSPS) is 9.95. The maximum atomic E-state index is 10.7. The number of ether oxygens (including phenoxy) is 2. The summed E-state index contributed by atoms with van der Waals surface area (Å²) in [5, 5.41) is 8.78. The van der Waals surface area contributed by atoms with Gasteiger partial charge in [-0.3, -0.25) is 4.98 Å².